The summed E-state index contributed by atoms with van der Waals surface area (Å²) in [6.07, 6.45) is 1.53. The Morgan fingerprint density at radius 1 is 1.39 bits per heavy atom. The minimum atomic E-state index is 0.108. The molecule has 0 spiro atoms. The van der Waals surface area contributed by atoms with Gasteiger partial charge in [-0.3, -0.25) is 4.79 Å². The fourth-order valence-electron chi connectivity index (χ4n) is 1.57. The maximum atomic E-state index is 11.4. The van der Waals surface area contributed by atoms with Gasteiger partial charge < -0.3 is 10.1 Å². The third kappa shape index (κ3) is 6.28. The topological polar surface area (TPSA) is 38.3 Å². The molecular formula is C15H23NO2. The molecule has 1 aromatic carbocycles. The van der Waals surface area contributed by atoms with Crippen LogP contribution in [0.5, 0.6) is 5.75 Å². The number of ether oxygens (including phenoxy) is 1. The number of benzene rings is 1. The predicted molar refractivity (Wildman–Crippen MR) is 73.8 cm³/mol. The highest BCUT2D eigenvalue weighted by Gasteiger charge is 2.02. The van der Waals surface area contributed by atoms with Gasteiger partial charge in [0.1, 0.15) is 12.4 Å². The van der Waals surface area contributed by atoms with Crippen molar-refractivity contribution in [2.45, 2.75) is 33.6 Å². The molecule has 0 atom stereocenters. The van der Waals surface area contributed by atoms with E-state index in [0.717, 1.165) is 12.2 Å². The van der Waals surface area contributed by atoms with Crippen molar-refractivity contribution in [3.8, 4) is 5.75 Å². The van der Waals surface area contributed by atoms with Crippen molar-refractivity contribution < 1.29 is 9.53 Å². The van der Waals surface area contributed by atoms with Gasteiger partial charge in [0.05, 0.1) is 6.54 Å². The SMILES string of the molecule is Cc1cccc(OCCNC(=O)CCC(C)C)c1. The summed E-state index contributed by atoms with van der Waals surface area (Å²) in [6, 6.07) is 7.90. The number of hydrogen-bond acceptors (Lipinski definition) is 2. The maximum Gasteiger partial charge on any atom is 0.220 e. The summed E-state index contributed by atoms with van der Waals surface area (Å²) in [4.78, 5) is 11.4. The van der Waals surface area contributed by atoms with Gasteiger partial charge in [0.25, 0.3) is 0 Å². The highest BCUT2D eigenvalue weighted by atomic mass is 16.5. The lowest BCUT2D eigenvalue weighted by molar-refractivity contribution is -0.121. The lowest BCUT2D eigenvalue weighted by atomic mass is 10.1. The molecule has 3 heteroatoms. The molecule has 100 valence electrons. The lowest BCUT2D eigenvalue weighted by Crippen LogP contribution is -2.28. The van der Waals surface area contributed by atoms with Crippen LogP contribution in [0.25, 0.3) is 0 Å². The second-order valence-electron chi connectivity index (χ2n) is 4.95. The zero-order chi connectivity index (χ0) is 13.4. The first-order chi connectivity index (χ1) is 8.58. The van der Waals surface area contributed by atoms with Crippen LogP contribution in [0.3, 0.4) is 0 Å². The van der Waals surface area contributed by atoms with Crippen molar-refractivity contribution in [2.24, 2.45) is 5.92 Å². The van der Waals surface area contributed by atoms with Crippen molar-refractivity contribution in [1.82, 2.24) is 5.32 Å². The Bertz CT molecular complexity index is 375. The first-order valence-corrected chi connectivity index (χ1v) is 6.54. The van der Waals surface area contributed by atoms with Crippen LogP contribution in [0.4, 0.5) is 0 Å². The number of rotatable bonds is 7. The zero-order valence-corrected chi connectivity index (χ0v) is 11.5. The van der Waals surface area contributed by atoms with Gasteiger partial charge in [-0.05, 0) is 37.0 Å². The normalized spacial score (nSPS) is 10.4. The quantitative estimate of drug-likeness (QED) is 0.755. The molecule has 3 nitrogen and oxygen atoms in total. The van der Waals surface area contributed by atoms with Crippen molar-refractivity contribution in [3.05, 3.63) is 29.8 Å². The molecule has 0 saturated heterocycles. The van der Waals surface area contributed by atoms with Gasteiger partial charge in [-0.2, -0.15) is 0 Å². The Morgan fingerprint density at radius 2 is 2.17 bits per heavy atom. The van der Waals surface area contributed by atoms with Gasteiger partial charge in [-0.25, -0.2) is 0 Å². The van der Waals surface area contributed by atoms with Gasteiger partial charge in [-0.1, -0.05) is 26.0 Å². The van der Waals surface area contributed by atoms with Crippen molar-refractivity contribution >= 4 is 5.91 Å². The molecule has 0 unspecified atom stereocenters. The summed E-state index contributed by atoms with van der Waals surface area (Å²) >= 11 is 0. The molecule has 0 saturated carbocycles. The number of carbonyl (C=O) groups excluding carboxylic acids is 1. The largest absolute Gasteiger partial charge is 0.492 e. The Morgan fingerprint density at radius 3 is 2.83 bits per heavy atom. The molecule has 1 amide bonds. The van der Waals surface area contributed by atoms with E-state index in [1.54, 1.807) is 0 Å². The molecule has 0 aromatic heterocycles. The van der Waals surface area contributed by atoms with E-state index in [0.29, 0.717) is 25.5 Å². The fourth-order valence-corrected chi connectivity index (χ4v) is 1.57. The van der Waals surface area contributed by atoms with Crippen molar-refractivity contribution in [2.75, 3.05) is 13.2 Å². The molecule has 0 fully saturated rings. The number of aryl methyl sites for hydroxylation is 1. The summed E-state index contributed by atoms with van der Waals surface area (Å²) in [5.74, 6) is 1.53. The maximum absolute atomic E-state index is 11.4. The van der Waals surface area contributed by atoms with E-state index >= 15 is 0 Å². The second kappa shape index (κ2) is 7.75. The molecule has 18 heavy (non-hydrogen) atoms. The molecule has 0 radical (unpaired) electrons. The van der Waals surface area contributed by atoms with E-state index in [1.165, 1.54) is 5.56 Å². The predicted octanol–water partition coefficient (Wildman–Crippen LogP) is 2.93. The van der Waals surface area contributed by atoms with E-state index in [2.05, 4.69) is 19.2 Å². The van der Waals surface area contributed by atoms with Crippen LogP contribution in [0.1, 0.15) is 32.3 Å². The van der Waals surface area contributed by atoms with Crippen LogP contribution in [0.2, 0.25) is 0 Å². The Hall–Kier alpha value is -1.51. The van der Waals surface area contributed by atoms with E-state index in [9.17, 15) is 4.79 Å². The fraction of sp³-hybridized carbons (Fsp3) is 0.533. The van der Waals surface area contributed by atoms with Gasteiger partial charge >= 0.3 is 0 Å². The average Bonchev–Trinajstić information content (AvgIpc) is 2.32. The number of amides is 1. The van der Waals surface area contributed by atoms with Crippen LogP contribution in [-0.4, -0.2) is 19.1 Å². The third-order valence-electron chi connectivity index (χ3n) is 2.63. The molecule has 0 heterocycles. The lowest BCUT2D eigenvalue weighted by Gasteiger charge is -2.09. The van der Waals surface area contributed by atoms with Crippen LogP contribution < -0.4 is 10.1 Å². The third-order valence-corrected chi connectivity index (χ3v) is 2.63. The summed E-state index contributed by atoms with van der Waals surface area (Å²) in [5.41, 5.74) is 1.17. The average molecular weight is 249 g/mol. The van der Waals surface area contributed by atoms with Crippen LogP contribution >= 0.6 is 0 Å². The van der Waals surface area contributed by atoms with Crippen LogP contribution in [-0.2, 0) is 4.79 Å². The van der Waals surface area contributed by atoms with Gasteiger partial charge in [0, 0.05) is 6.42 Å². The van der Waals surface area contributed by atoms with Crippen molar-refractivity contribution in [1.29, 1.82) is 0 Å². The van der Waals surface area contributed by atoms with E-state index in [-0.39, 0.29) is 5.91 Å². The summed E-state index contributed by atoms with van der Waals surface area (Å²) in [5, 5.41) is 2.86. The first kappa shape index (κ1) is 14.6. The highest BCUT2D eigenvalue weighted by molar-refractivity contribution is 5.75. The molecule has 0 aliphatic heterocycles. The van der Waals surface area contributed by atoms with E-state index in [4.69, 9.17) is 4.74 Å². The number of nitrogens with one attached hydrogen (secondary N) is 1. The molecule has 1 rings (SSSR count). The van der Waals surface area contributed by atoms with E-state index in [1.807, 2.05) is 31.2 Å². The standard InChI is InChI=1S/C15H23NO2/c1-12(2)7-8-15(17)16-9-10-18-14-6-4-5-13(3)11-14/h4-6,11-12H,7-10H2,1-3H3,(H,16,17). The minimum Gasteiger partial charge on any atom is -0.492 e. The number of carbonyl (C=O) groups is 1. The first-order valence-electron chi connectivity index (χ1n) is 6.54. The Labute approximate surface area is 110 Å². The van der Waals surface area contributed by atoms with Crippen LogP contribution in [0, 0.1) is 12.8 Å². The summed E-state index contributed by atoms with van der Waals surface area (Å²) in [6.45, 7) is 7.34. The van der Waals surface area contributed by atoms with Crippen molar-refractivity contribution in [3.63, 3.8) is 0 Å². The van der Waals surface area contributed by atoms with Gasteiger partial charge in [0.2, 0.25) is 5.91 Å². The monoisotopic (exact) mass is 249 g/mol. The Balaban J connectivity index is 2.13. The van der Waals surface area contributed by atoms with Crippen LogP contribution in [0.15, 0.2) is 24.3 Å². The Kier molecular flexibility index (Phi) is 6.26. The van der Waals surface area contributed by atoms with Gasteiger partial charge in [-0.15, -0.1) is 0 Å². The van der Waals surface area contributed by atoms with E-state index < -0.39 is 0 Å². The molecule has 0 aliphatic rings. The molecule has 1 aromatic rings. The minimum absolute atomic E-state index is 0.108. The number of hydrogen-bond donors (Lipinski definition) is 1. The highest BCUT2D eigenvalue weighted by Crippen LogP contribution is 2.11. The molecular weight excluding hydrogens is 226 g/mol. The molecule has 0 bridgehead atoms. The summed E-state index contributed by atoms with van der Waals surface area (Å²) < 4.78 is 5.55. The summed E-state index contributed by atoms with van der Waals surface area (Å²) in [7, 11) is 0. The molecule has 0 aliphatic carbocycles. The molecule has 1 N–H and O–H groups in total. The smallest absolute Gasteiger partial charge is 0.220 e. The zero-order valence-electron chi connectivity index (χ0n) is 11.5. The van der Waals surface area contributed by atoms with Gasteiger partial charge in [0.15, 0.2) is 0 Å². The second-order valence-corrected chi connectivity index (χ2v) is 4.95.